The highest BCUT2D eigenvalue weighted by Gasteiger charge is 2.46. The summed E-state index contributed by atoms with van der Waals surface area (Å²) >= 11 is 0. The number of fused-ring (bicyclic) bond motifs is 1. The summed E-state index contributed by atoms with van der Waals surface area (Å²) in [6.45, 7) is 3.30. The molecule has 0 unspecified atom stereocenters. The van der Waals surface area contributed by atoms with Crippen LogP contribution < -0.4 is 5.32 Å². The average molecular weight is 304 g/mol. The summed E-state index contributed by atoms with van der Waals surface area (Å²) < 4.78 is 10.6. The minimum Gasteiger partial charge on any atom is -0.445 e. The summed E-state index contributed by atoms with van der Waals surface area (Å²) in [4.78, 5) is 25.2. The molecular formula is C16H20N2O4. The van der Waals surface area contributed by atoms with E-state index in [0.717, 1.165) is 5.56 Å². The van der Waals surface area contributed by atoms with E-state index in [9.17, 15) is 9.59 Å². The van der Waals surface area contributed by atoms with Crippen LogP contribution in [0, 0.1) is 0 Å². The molecule has 2 heterocycles. The van der Waals surface area contributed by atoms with Crippen molar-refractivity contribution in [1.29, 1.82) is 0 Å². The molecule has 0 bridgehead atoms. The number of hydrogen-bond acceptors (Lipinski definition) is 4. The van der Waals surface area contributed by atoms with Crippen molar-refractivity contribution in [3.63, 3.8) is 0 Å². The van der Waals surface area contributed by atoms with Gasteiger partial charge in [-0.2, -0.15) is 0 Å². The smallest absolute Gasteiger partial charge is 0.410 e. The first kappa shape index (κ1) is 14.7. The number of amides is 2. The number of hydrogen-bond donors (Lipinski definition) is 1. The Kier molecular flexibility index (Phi) is 3.92. The van der Waals surface area contributed by atoms with Gasteiger partial charge in [0.2, 0.25) is 0 Å². The zero-order valence-corrected chi connectivity index (χ0v) is 12.6. The second kappa shape index (κ2) is 5.87. The standard InChI is InChI=1S/C16H20N2O4/c1-16-8-10-18(9-7-13(16)22-14(19)17-16)15(20)21-11-12-5-3-2-4-6-12/h2-6,13H,7-11H2,1H3,(H,17,19)/t13-,16+/m1/s1. The molecule has 3 rings (SSSR count). The Morgan fingerprint density at radius 3 is 2.95 bits per heavy atom. The van der Waals surface area contributed by atoms with E-state index in [1.54, 1.807) is 4.90 Å². The van der Waals surface area contributed by atoms with Gasteiger partial charge in [-0.05, 0) is 18.9 Å². The van der Waals surface area contributed by atoms with Gasteiger partial charge >= 0.3 is 12.2 Å². The molecule has 0 saturated carbocycles. The van der Waals surface area contributed by atoms with Gasteiger partial charge in [0, 0.05) is 19.5 Å². The summed E-state index contributed by atoms with van der Waals surface area (Å²) in [6, 6.07) is 9.59. The van der Waals surface area contributed by atoms with Crippen LogP contribution in [-0.4, -0.2) is 41.8 Å². The number of nitrogens with one attached hydrogen (secondary N) is 1. The van der Waals surface area contributed by atoms with Crippen LogP contribution >= 0.6 is 0 Å². The highest BCUT2D eigenvalue weighted by Crippen LogP contribution is 2.30. The van der Waals surface area contributed by atoms with Crippen molar-refractivity contribution in [1.82, 2.24) is 10.2 Å². The Morgan fingerprint density at radius 2 is 2.18 bits per heavy atom. The van der Waals surface area contributed by atoms with Gasteiger partial charge in [0.1, 0.15) is 12.7 Å². The maximum atomic E-state index is 12.2. The maximum Gasteiger partial charge on any atom is 0.410 e. The molecule has 2 fully saturated rings. The number of likely N-dealkylation sites (tertiary alicyclic amines) is 1. The lowest BCUT2D eigenvalue weighted by Crippen LogP contribution is -2.45. The number of nitrogens with zero attached hydrogens (tertiary/aromatic N) is 1. The first-order chi connectivity index (χ1) is 10.6. The average Bonchev–Trinajstić information content (AvgIpc) is 2.70. The van der Waals surface area contributed by atoms with Crippen molar-refractivity contribution in [3.8, 4) is 0 Å². The molecular weight excluding hydrogens is 284 g/mol. The van der Waals surface area contributed by atoms with E-state index in [2.05, 4.69) is 5.32 Å². The lowest BCUT2D eigenvalue weighted by atomic mass is 9.91. The van der Waals surface area contributed by atoms with Gasteiger partial charge in [0.25, 0.3) is 0 Å². The molecule has 0 radical (unpaired) electrons. The second-order valence-electron chi connectivity index (χ2n) is 6.00. The lowest BCUT2D eigenvalue weighted by molar-refractivity contribution is 0.0924. The molecule has 2 amide bonds. The molecule has 118 valence electrons. The molecule has 0 aromatic heterocycles. The van der Waals surface area contributed by atoms with Crippen molar-refractivity contribution < 1.29 is 19.1 Å². The number of carbonyl (C=O) groups excluding carboxylic acids is 2. The third kappa shape index (κ3) is 3.00. The van der Waals surface area contributed by atoms with Gasteiger partial charge in [-0.3, -0.25) is 0 Å². The molecule has 2 aliphatic heterocycles. The summed E-state index contributed by atoms with van der Waals surface area (Å²) in [5.74, 6) is 0. The van der Waals surface area contributed by atoms with Gasteiger partial charge in [-0.15, -0.1) is 0 Å². The lowest BCUT2D eigenvalue weighted by Gasteiger charge is -2.25. The summed E-state index contributed by atoms with van der Waals surface area (Å²) in [5.41, 5.74) is 0.566. The minimum atomic E-state index is -0.397. The van der Waals surface area contributed by atoms with Crippen LogP contribution in [-0.2, 0) is 16.1 Å². The van der Waals surface area contributed by atoms with Crippen molar-refractivity contribution in [2.24, 2.45) is 0 Å². The van der Waals surface area contributed by atoms with Gasteiger partial charge in [-0.25, -0.2) is 9.59 Å². The fourth-order valence-electron chi connectivity index (χ4n) is 2.95. The molecule has 22 heavy (non-hydrogen) atoms. The highest BCUT2D eigenvalue weighted by molar-refractivity contribution is 5.72. The SMILES string of the molecule is C[C@]12CCN(C(=O)OCc3ccccc3)CC[C@H]1OC(=O)N2. The van der Waals surface area contributed by atoms with E-state index in [1.165, 1.54) is 0 Å². The molecule has 6 heteroatoms. The molecule has 1 aromatic carbocycles. The third-order valence-corrected chi connectivity index (χ3v) is 4.37. The van der Waals surface area contributed by atoms with Crippen LogP contribution in [0.25, 0.3) is 0 Å². The minimum absolute atomic E-state index is 0.188. The van der Waals surface area contributed by atoms with E-state index in [4.69, 9.17) is 9.47 Å². The molecule has 1 aromatic rings. The zero-order valence-electron chi connectivity index (χ0n) is 12.6. The van der Waals surface area contributed by atoms with Crippen LogP contribution in [0.15, 0.2) is 30.3 Å². The van der Waals surface area contributed by atoms with E-state index < -0.39 is 5.54 Å². The number of carbonyl (C=O) groups is 2. The predicted molar refractivity (Wildman–Crippen MR) is 79.2 cm³/mol. The summed E-state index contributed by atoms with van der Waals surface area (Å²) in [6.07, 6.45) is 0.401. The Balaban J connectivity index is 1.55. The summed E-state index contributed by atoms with van der Waals surface area (Å²) in [7, 11) is 0. The largest absolute Gasteiger partial charge is 0.445 e. The van der Waals surface area contributed by atoms with E-state index >= 15 is 0 Å². The fourth-order valence-corrected chi connectivity index (χ4v) is 2.95. The van der Waals surface area contributed by atoms with E-state index in [-0.39, 0.29) is 24.9 Å². The normalized spacial score (nSPS) is 27.4. The van der Waals surface area contributed by atoms with Crippen LogP contribution in [0.4, 0.5) is 9.59 Å². The molecule has 0 spiro atoms. The van der Waals surface area contributed by atoms with Crippen LogP contribution in [0.3, 0.4) is 0 Å². The van der Waals surface area contributed by atoms with Crippen molar-refractivity contribution in [2.45, 2.75) is 38.0 Å². The Labute approximate surface area is 129 Å². The van der Waals surface area contributed by atoms with Gasteiger partial charge in [0.15, 0.2) is 0 Å². The molecule has 2 atom stereocenters. The highest BCUT2D eigenvalue weighted by atomic mass is 16.6. The first-order valence-corrected chi connectivity index (χ1v) is 7.51. The first-order valence-electron chi connectivity index (χ1n) is 7.51. The topological polar surface area (TPSA) is 67.9 Å². The number of alkyl carbamates (subject to hydrolysis) is 1. The van der Waals surface area contributed by atoms with Crippen molar-refractivity contribution in [3.05, 3.63) is 35.9 Å². The van der Waals surface area contributed by atoms with Crippen LogP contribution in [0.5, 0.6) is 0 Å². The van der Waals surface area contributed by atoms with Crippen LogP contribution in [0.1, 0.15) is 25.3 Å². The van der Waals surface area contributed by atoms with Gasteiger partial charge < -0.3 is 19.7 Å². The number of ether oxygens (including phenoxy) is 2. The molecule has 2 saturated heterocycles. The second-order valence-corrected chi connectivity index (χ2v) is 6.00. The summed E-state index contributed by atoms with van der Waals surface area (Å²) in [5, 5.41) is 2.85. The third-order valence-electron chi connectivity index (χ3n) is 4.37. The van der Waals surface area contributed by atoms with E-state index in [0.29, 0.717) is 25.9 Å². The monoisotopic (exact) mass is 304 g/mol. The predicted octanol–water partition coefficient (Wildman–Crippen LogP) is 2.29. The molecule has 6 nitrogen and oxygen atoms in total. The van der Waals surface area contributed by atoms with Gasteiger partial charge in [0.05, 0.1) is 5.54 Å². The van der Waals surface area contributed by atoms with Crippen LogP contribution in [0.2, 0.25) is 0 Å². The molecule has 1 N–H and O–H groups in total. The van der Waals surface area contributed by atoms with E-state index in [1.807, 2.05) is 37.3 Å². The fraction of sp³-hybridized carbons (Fsp3) is 0.500. The van der Waals surface area contributed by atoms with Gasteiger partial charge in [-0.1, -0.05) is 30.3 Å². The zero-order chi connectivity index (χ0) is 15.6. The van der Waals surface area contributed by atoms with Crippen molar-refractivity contribution >= 4 is 12.2 Å². The molecule has 0 aliphatic carbocycles. The quantitative estimate of drug-likeness (QED) is 0.910. The number of rotatable bonds is 2. The Morgan fingerprint density at radius 1 is 1.41 bits per heavy atom. The molecule has 2 aliphatic rings. The number of benzene rings is 1. The Bertz CT molecular complexity index is 563. The Hall–Kier alpha value is -2.24. The maximum absolute atomic E-state index is 12.2. The van der Waals surface area contributed by atoms with Crippen molar-refractivity contribution in [2.75, 3.05) is 13.1 Å².